The van der Waals surface area contributed by atoms with Gasteiger partial charge in [0.15, 0.2) is 11.5 Å². The van der Waals surface area contributed by atoms with E-state index in [4.69, 9.17) is 9.47 Å². The fraction of sp³-hybridized carbons (Fsp3) is 0.571. The molecule has 140 valence electrons. The molecule has 1 N–H and O–H groups in total. The molecule has 0 aromatic heterocycles. The fourth-order valence-electron chi connectivity index (χ4n) is 2.60. The van der Waals surface area contributed by atoms with E-state index in [9.17, 15) is 17.6 Å². The third-order valence-corrected chi connectivity index (χ3v) is 3.62. The lowest BCUT2D eigenvalue weighted by molar-refractivity contribution is -0.188. The van der Waals surface area contributed by atoms with Crippen LogP contribution in [0.25, 0.3) is 0 Å². The first-order valence-electron chi connectivity index (χ1n) is 6.81. The minimum absolute atomic E-state index is 0. The van der Waals surface area contributed by atoms with Gasteiger partial charge in [-0.1, -0.05) is 0 Å². The Hall–Kier alpha value is -0.960. The molecular weight excluding hydrogens is 375 g/mol. The number of halogens is 6. The second kappa shape index (κ2) is 9.50. The van der Waals surface area contributed by atoms with E-state index < -0.39 is 23.6 Å². The maximum absolute atomic E-state index is 14.2. The van der Waals surface area contributed by atoms with Gasteiger partial charge in [0.25, 0.3) is 0 Å². The van der Waals surface area contributed by atoms with Crippen LogP contribution in [0.2, 0.25) is 0 Å². The van der Waals surface area contributed by atoms with Gasteiger partial charge in [-0.3, -0.25) is 4.90 Å². The summed E-state index contributed by atoms with van der Waals surface area (Å²) in [6.45, 7) is 1.25. The molecule has 1 aliphatic rings. The molecule has 1 aromatic rings. The Balaban J connectivity index is 0.00000264. The molecule has 4 nitrogen and oxygen atoms in total. The molecule has 10 heteroatoms. The summed E-state index contributed by atoms with van der Waals surface area (Å²) < 4.78 is 64.6. The second-order valence-electron chi connectivity index (χ2n) is 4.96. The number of piperazine rings is 1. The summed E-state index contributed by atoms with van der Waals surface area (Å²) >= 11 is 0. The second-order valence-corrected chi connectivity index (χ2v) is 4.96. The van der Waals surface area contributed by atoms with Crippen molar-refractivity contribution in [2.24, 2.45) is 0 Å². The number of nitrogens with one attached hydrogen (secondary N) is 1. The highest BCUT2D eigenvalue weighted by Crippen LogP contribution is 2.42. The highest BCUT2D eigenvalue weighted by Gasteiger charge is 2.46. The molecule has 0 aliphatic carbocycles. The first kappa shape index (κ1) is 23.0. The van der Waals surface area contributed by atoms with Crippen LogP contribution in [0.1, 0.15) is 11.6 Å². The largest absolute Gasteiger partial charge is 0.493 e. The third-order valence-electron chi connectivity index (χ3n) is 3.62. The fourth-order valence-corrected chi connectivity index (χ4v) is 2.60. The van der Waals surface area contributed by atoms with Crippen molar-refractivity contribution in [1.82, 2.24) is 10.2 Å². The van der Waals surface area contributed by atoms with E-state index in [0.29, 0.717) is 13.1 Å². The molecule has 1 heterocycles. The Morgan fingerprint density at radius 3 is 2.00 bits per heavy atom. The van der Waals surface area contributed by atoms with E-state index in [-0.39, 0.29) is 49.4 Å². The smallest absolute Gasteiger partial charge is 0.408 e. The maximum atomic E-state index is 14.2. The predicted molar refractivity (Wildman–Crippen MR) is 87.2 cm³/mol. The van der Waals surface area contributed by atoms with Crippen LogP contribution in [-0.4, -0.2) is 51.5 Å². The normalized spacial score (nSPS) is 16.6. The zero-order chi connectivity index (χ0) is 16.3. The standard InChI is InChI=1S/C14H18F4N2O2.2ClH/c1-21-11-7-9(10(15)8-12(11)22-2)13(14(16,17)18)20-5-3-19-4-6-20;;/h7-8,13,19H,3-6H2,1-2H3;2*1H/t13-;;/m0../s1. The van der Waals surface area contributed by atoms with Crippen molar-refractivity contribution in [3.8, 4) is 11.5 Å². The number of hydrogen-bond donors (Lipinski definition) is 1. The molecule has 0 radical (unpaired) electrons. The average molecular weight is 395 g/mol. The van der Waals surface area contributed by atoms with E-state index in [1.807, 2.05) is 0 Å². The number of nitrogens with zero attached hydrogens (tertiary/aromatic N) is 1. The van der Waals surface area contributed by atoms with Gasteiger partial charge in [-0.2, -0.15) is 13.2 Å². The van der Waals surface area contributed by atoms with Gasteiger partial charge in [0.2, 0.25) is 0 Å². The highest BCUT2D eigenvalue weighted by molar-refractivity contribution is 5.85. The molecule has 1 aromatic carbocycles. The lowest BCUT2D eigenvalue weighted by Crippen LogP contribution is -2.49. The Morgan fingerprint density at radius 2 is 1.54 bits per heavy atom. The maximum Gasteiger partial charge on any atom is 0.408 e. The van der Waals surface area contributed by atoms with Crippen molar-refractivity contribution >= 4 is 24.8 Å². The quantitative estimate of drug-likeness (QED) is 0.795. The van der Waals surface area contributed by atoms with Gasteiger partial charge in [0.05, 0.1) is 14.2 Å². The summed E-state index contributed by atoms with van der Waals surface area (Å²) in [7, 11) is 2.60. The Bertz CT molecular complexity index is 526. The molecule has 0 saturated carbocycles. The van der Waals surface area contributed by atoms with Crippen molar-refractivity contribution in [3.05, 3.63) is 23.5 Å². The van der Waals surface area contributed by atoms with E-state index in [2.05, 4.69) is 5.32 Å². The van der Waals surface area contributed by atoms with Gasteiger partial charge >= 0.3 is 6.18 Å². The van der Waals surface area contributed by atoms with Crippen LogP contribution >= 0.6 is 24.8 Å². The van der Waals surface area contributed by atoms with Crippen LogP contribution in [-0.2, 0) is 0 Å². The molecule has 0 spiro atoms. The summed E-state index contributed by atoms with van der Waals surface area (Å²) in [4.78, 5) is 1.22. The van der Waals surface area contributed by atoms with Crippen molar-refractivity contribution in [2.45, 2.75) is 12.2 Å². The Labute approximate surface area is 150 Å². The zero-order valence-corrected chi connectivity index (χ0v) is 14.8. The van der Waals surface area contributed by atoms with Gasteiger partial charge in [-0.15, -0.1) is 24.8 Å². The molecule has 0 amide bonds. The SMILES string of the molecule is COc1cc(F)c([C@H](N2CCNCC2)C(F)(F)F)cc1OC.Cl.Cl. The summed E-state index contributed by atoms with van der Waals surface area (Å²) in [6, 6.07) is -0.0156. The van der Waals surface area contributed by atoms with Crippen LogP contribution in [0.4, 0.5) is 17.6 Å². The number of rotatable bonds is 4. The van der Waals surface area contributed by atoms with Crippen molar-refractivity contribution in [2.75, 3.05) is 40.4 Å². The monoisotopic (exact) mass is 394 g/mol. The molecule has 24 heavy (non-hydrogen) atoms. The minimum Gasteiger partial charge on any atom is -0.493 e. The lowest BCUT2D eigenvalue weighted by Gasteiger charge is -2.36. The third kappa shape index (κ3) is 5.02. The van der Waals surface area contributed by atoms with Crippen LogP contribution in [0, 0.1) is 5.82 Å². The van der Waals surface area contributed by atoms with Crippen LogP contribution in [0.5, 0.6) is 11.5 Å². The number of alkyl halides is 3. The van der Waals surface area contributed by atoms with Crippen LogP contribution < -0.4 is 14.8 Å². The Morgan fingerprint density at radius 1 is 1.04 bits per heavy atom. The van der Waals surface area contributed by atoms with Gasteiger partial charge < -0.3 is 14.8 Å². The molecule has 1 atom stereocenters. The van der Waals surface area contributed by atoms with Crippen molar-refractivity contribution in [1.29, 1.82) is 0 Å². The molecule has 1 aliphatic heterocycles. The molecule has 1 fully saturated rings. The molecule has 2 rings (SSSR count). The molecular formula is C14H20Cl2F4N2O2. The molecule has 0 bridgehead atoms. The number of hydrogen-bond acceptors (Lipinski definition) is 4. The average Bonchev–Trinajstić information content (AvgIpc) is 2.48. The highest BCUT2D eigenvalue weighted by atomic mass is 35.5. The summed E-state index contributed by atoms with van der Waals surface area (Å²) in [5.41, 5.74) is -0.452. The van der Waals surface area contributed by atoms with Crippen LogP contribution in [0.3, 0.4) is 0 Å². The van der Waals surface area contributed by atoms with E-state index in [1.54, 1.807) is 0 Å². The summed E-state index contributed by atoms with van der Waals surface area (Å²) in [5.74, 6) is -0.827. The lowest BCUT2D eigenvalue weighted by atomic mass is 10.0. The zero-order valence-electron chi connectivity index (χ0n) is 13.2. The van der Waals surface area contributed by atoms with Gasteiger partial charge in [-0.05, 0) is 6.07 Å². The number of benzene rings is 1. The van der Waals surface area contributed by atoms with Crippen molar-refractivity contribution in [3.63, 3.8) is 0 Å². The molecule has 0 unspecified atom stereocenters. The van der Waals surface area contributed by atoms with Crippen molar-refractivity contribution < 1.29 is 27.0 Å². The van der Waals surface area contributed by atoms with E-state index in [0.717, 1.165) is 12.1 Å². The summed E-state index contributed by atoms with van der Waals surface area (Å²) in [6.07, 6.45) is -4.59. The van der Waals surface area contributed by atoms with Gasteiger partial charge in [0, 0.05) is 37.8 Å². The van der Waals surface area contributed by atoms with Gasteiger partial charge in [-0.25, -0.2) is 4.39 Å². The first-order valence-corrected chi connectivity index (χ1v) is 6.81. The summed E-state index contributed by atoms with van der Waals surface area (Å²) in [5, 5.41) is 2.98. The Kier molecular flexibility index (Phi) is 9.12. The molecule has 1 saturated heterocycles. The number of methoxy groups -OCH3 is 2. The topological polar surface area (TPSA) is 33.7 Å². The number of ether oxygens (including phenoxy) is 2. The first-order chi connectivity index (χ1) is 10.4. The van der Waals surface area contributed by atoms with E-state index >= 15 is 0 Å². The minimum atomic E-state index is -4.59. The predicted octanol–water partition coefficient (Wildman–Crippen LogP) is 3.20. The van der Waals surface area contributed by atoms with Gasteiger partial charge in [0.1, 0.15) is 11.9 Å². The van der Waals surface area contributed by atoms with Crippen LogP contribution in [0.15, 0.2) is 12.1 Å². The van der Waals surface area contributed by atoms with E-state index in [1.165, 1.54) is 19.1 Å².